The van der Waals surface area contributed by atoms with E-state index in [1.807, 2.05) is 36.4 Å². The van der Waals surface area contributed by atoms with Crippen LogP contribution in [-0.4, -0.2) is 25.2 Å². The van der Waals surface area contributed by atoms with Gasteiger partial charge in [-0.25, -0.2) is 4.98 Å². The van der Waals surface area contributed by atoms with Crippen LogP contribution >= 0.6 is 0 Å². The third kappa shape index (κ3) is 2.41. The first-order chi connectivity index (χ1) is 11.4. The highest BCUT2D eigenvalue weighted by atomic mass is 16.3. The van der Waals surface area contributed by atoms with Gasteiger partial charge in [0.2, 0.25) is 0 Å². The maximum atomic E-state index is 12.8. The van der Waals surface area contributed by atoms with Crippen LogP contribution in [0.1, 0.15) is 19.7 Å². The van der Waals surface area contributed by atoms with Crippen molar-refractivity contribution in [1.29, 1.82) is 0 Å². The van der Waals surface area contributed by atoms with Crippen molar-refractivity contribution in [2.24, 2.45) is 5.92 Å². The lowest BCUT2D eigenvalue weighted by Gasteiger charge is -2.23. The fraction of sp³-hybridized carbons (Fsp3) is 0.316. The number of pyridine rings is 1. The molecule has 0 aliphatic carbocycles. The number of aromatic nitrogens is 3. The van der Waals surface area contributed by atoms with Crippen LogP contribution < -0.4 is 5.56 Å². The third-order valence-electron chi connectivity index (χ3n) is 4.83. The van der Waals surface area contributed by atoms with Crippen LogP contribution in [0.15, 0.2) is 47.4 Å². The van der Waals surface area contributed by atoms with Crippen LogP contribution in [0.3, 0.4) is 0 Å². The van der Waals surface area contributed by atoms with Crippen LogP contribution in [0.25, 0.3) is 22.2 Å². The van der Waals surface area contributed by atoms with Gasteiger partial charge in [-0.15, -0.1) is 0 Å². The summed E-state index contributed by atoms with van der Waals surface area (Å²) in [6.45, 7) is 4.09. The minimum absolute atomic E-state index is 0.00442. The normalized spacial score (nSPS) is 17.2. The van der Waals surface area contributed by atoms with Gasteiger partial charge in [0.15, 0.2) is 0 Å². The van der Waals surface area contributed by atoms with Gasteiger partial charge >= 0.3 is 0 Å². The smallest absolute Gasteiger partial charge is 0.261 e. The van der Waals surface area contributed by atoms with E-state index in [-0.39, 0.29) is 11.5 Å². The van der Waals surface area contributed by atoms with Gasteiger partial charge < -0.3 is 5.11 Å². The van der Waals surface area contributed by atoms with E-state index in [2.05, 4.69) is 4.98 Å². The maximum absolute atomic E-state index is 12.8. The molecule has 1 atom stereocenters. The zero-order valence-electron chi connectivity index (χ0n) is 13.7. The molecule has 122 valence electrons. The van der Waals surface area contributed by atoms with E-state index >= 15 is 0 Å². The number of fused-ring (bicyclic) bond motifs is 2. The molecule has 24 heavy (non-hydrogen) atoms. The maximum Gasteiger partial charge on any atom is 0.261 e. The van der Waals surface area contributed by atoms with Crippen LogP contribution in [0.2, 0.25) is 0 Å². The monoisotopic (exact) mass is 321 g/mol. The molecule has 0 radical (unpaired) electrons. The summed E-state index contributed by atoms with van der Waals surface area (Å²) < 4.78 is 1.70. The Morgan fingerprint density at radius 2 is 2.08 bits per heavy atom. The Hall–Kier alpha value is -2.53. The molecule has 1 aliphatic rings. The number of hydrogen-bond donors (Lipinski definition) is 1. The zero-order chi connectivity index (χ0) is 16.9. The molecule has 1 aromatic carbocycles. The Labute approximate surface area is 139 Å². The predicted octanol–water partition coefficient (Wildman–Crippen LogP) is 2.40. The molecule has 2 aromatic heterocycles. The van der Waals surface area contributed by atoms with E-state index in [1.54, 1.807) is 24.6 Å². The number of aliphatic hydroxyl groups is 1. The molecule has 3 heterocycles. The molecule has 0 fully saturated rings. The summed E-state index contributed by atoms with van der Waals surface area (Å²) in [6.07, 6.45) is 2.36. The van der Waals surface area contributed by atoms with Gasteiger partial charge in [-0.3, -0.25) is 14.3 Å². The molecule has 5 nitrogen and oxygen atoms in total. The highest BCUT2D eigenvalue weighted by Gasteiger charge is 2.34. The second kappa shape index (κ2) is 5.24. The van der Waals surface area contributed by atoms with E-state index in [1.165, 1.54) is 0 Å². The van der Waals surface area contributed by atoms with Crippen molar-refractivity contribution in [3.8, 4) is 11.3 Å². The molecular weight excluding hydrogens is 302 g/mol. The third-order valence-corrected chi connectivity index (χ3v) is 4.83. The fourth-order valence-corrected chi connectivity index (χ4v) is 3.28. The average Bonchev–Trinajstić information content (AvgIpc) is 3.00. The molecule has 0 bridgehead atoms. The largest absolute Gasteiger partial charge is 0.390 e. The Morgan fingerprint density at radius 3 is 2.79 bits per heavy atom. The van der Waals surface area contributed by atoms with E-state index in [4.69, 9.17) is 4.98 Å². The Bertz CT molecular complexity index is 972. The summed E-state index contributed by atoms with van der Waals surface area (Å²) in [6, 6.07) is 11.4. The van der Waals surface area contributed by atoms with E-state index in [9.17, 15) is 9.90 Å². The van der Waals surface area contributed by atoms with Crippen molar-refractivity contribution in [3.63, 3.8) is 0 Å². The van der Waals surface area contributed by atoms with Gasteiger partial charge in [0.25, 0.3) is 5.56 Å². The van der Waals surface area contributed by atoms with Crippen LogP contribution in [0.4, 0.5) is 0 Å². The van der Waals surface area contributed by atoms with Crippen molar-refractivity contribution in [2.75, 3.05) is 0 Å². The molecular formula is C19H19N3O2. The minimum atomic E-state index is -0.828. The molecule has 5 heteroatoms. The molecule has 0 saturated heterocycles. The summed E-state index contributed by atoms with van der Waals surface area (Å²) in [4.78, 5) is 21.8. The molecule has 3 aromatic rings. The quantitative estimate of drug-likeness (QED) is 0.787. The van der Waals surface area contributed by atoms with Crippen LogP contribution in [-0.2, 0) is 13.0 Å². The summed E-state index contributed by atoms with van der Waals surface area (Å²) in [5, 5.41) is 10.9. The summed E-state index contributed by atoms with van der Waals surface area (Å²) in [5.41, 5.74) is 1.62. The topological polar surface area (TPSA) is 68.0 Å². The standard InChI is InChI=1S/C19H19N3O2/c1-19(2,24)13-10-17-21-16-9-12(15-5-3-4-8-20-15)6-7-14(16)18(23)22(17)11-13/h3-9,13,24H,10-11H2,1-2H3. The first-order valence-electron chi connectivity index (χ1n) is 8.11. The number of hydrogen-bond acceptors (Lipinski definition) is 4. The number of nitrogens with zero attached hydrogens (tertiary/aromatic N) is 3. The van der Waals surface area contributed by atoms with Gasteiger partial charge in [0.1, 0.15) is 5.82 Å². The summed E-state index contributed by atoms with van der Waals surface area (Å²) in [7, 11) is 0. The summed E-state index contributed by atoms with van der Waals surface area (Å²) >= 11 is 0. The average molecular weight is 321 g/mol. The molecule has 4 rings (SSSR count). The lowest BCUT2D eigenvalue weighted by atomic mass is 9.90. The lowest BCUT2D eigenvalue weighted by molar-refractivity contribution is 0.0173. The molecule has 0 saturated carbocycles. The fourth-order valence-electron chi connectivity index (χ4n) is 3.28. The lowest BCUT2D eigenvalue weighted by Crippen LogP contribution is -2.32. The van der Waals surface area contributed by atoms with Crippen molar-refractivity contribution < 1.29 is 5.11 Å². The molecule has 1 N–H and O–H groups in total. The Balaban J connectivity index is 1.84. The highest BCUT2D eigenvalue weighted by Crippen LogP contribution is 2.29. The minimum Gasteiger partial charge on any atom is -0.390 e. The van der Waals surface area contributed by atoms with Crippen LogP contribution in [0.5, 0.6) is 0 Å². The van der Waals surface area contributed by atoms with Crippen molar-refractivity contribution in [2.45, 2.75) is 32.4 Å². The zero-order valence-corrected chi connectivity index (χ0v) is 13.7. The summed E-state index contributed by atoms with van der Waals surface area (Å²) in [5.74, 6) is 0.752. The van der Waals surface area contributed by atoms with Gasteiger partial charge in [0, 0.05) is 30.6 Å². The van der Waals surface area contributed by atoms with Crippen molar-refractivity contribution >= 4 is 10.9 Å². The molecule has 0 spiro atoms. The van der Waals surface area contributed by atoms with Crippen molar-refractivity contribution in [1.82, 2.24) is 14.5 Å². The molecule has 0 amide bonds. The number of rotatable bonds is 2. The Kier molecular flexibility index (Phi) is 3.28. The van der Waals surface area contributed by atoms with Crippen molar-refractivity contribution in [3.05, 3.63) is 58.8 Å². The molecule has 1 unspecified atom stereocenters. The van der Waals surface area contributed by atoms with Gasteiger partial charge in [-0.1, -0.05) is 12.1 Å². The first kappa shape index (κ1) is 15.0. The van der Waals surface area contributed by atoms with E-state index in [0.717, 1.165) is 17.1 Å². The molecule has 1 aliphatic heterocycles. The van der Waals surface area contributed by atoms with Crippen LogP contribution in [0, 0.1) is 5.92 Å². The second-order valence-electron chi connectivity index (χ2n) is 6.95. The van der Waals surface area contributed by atoms with Gasteiger partial charge in [0.05, 0.1) is 22.2 Å². The first-order valence-corrected chi connectivity index (χ1v) is 8.11. The SMILES string of the molecule is CC(C)(O)C1Cc2nc3cc(-c4ccccn4)ccc3c(=O)n2C1. The van der Waals surface area contributed by atoms with Gasteiger partial charge in [-0.05, 0) is 38.1 Å². The predicted molar refractivity (Wildman–Crippen MR) is 92.7 cm³/mol. The van der Waals surface area contributed by atoms with Gasteiger partial charge in [-0.2, -0.15) is 0 Å². The van der Waals surface area contributed by atoms with E-state index < -0.39 is 5.60 Å². The second-order valence-corrected chi connectivity index (χ2v) is 6.95. The highest BCUT2D eigenvalue weighted by molar-refractivity contribution is 5.83. The van der Waals surface area contributed by atoms with E-state index in [0.29, 0.717) is 23.9 Å². The number of benzene rings is 1. The Morgan fingerprint density at radius 1 is 1.25 bits per heavy atom.